The Balaban J connectivity index is 3.52. The first-order chi connectivity index (χ1) is 16.3. The van der Waals surface area contributed by atoms with Crippen LogP contribution in [0.4, 0.5) is 4.79 Å². The second-order valence-electron chi connectivity index (χ2n) is 11.2. The molecule has 0 fully saturated rings. The minimum atomic E-state index is -2.19. The van der Waals surface area contributed by atoms with Crippen molar-refractivity contribution in [2.75, 3.05) is 0 Å². The van der Waals surface area contributed by atoms with E-state index in [1.807, 2.05) is 0 Å². The zero-order valence-electron chi connectivity index (χ0n) is 22.8. The molecule has 36 heavy (non-hydrogen) atoms. The van der Waals surface area contributed by atoms with Crippen LogP contribution in [0.1, 0.15) is 74.8 Å². The smallest absolute Gasteiger partial charge is 0.477 e. The first-order valence-electron chi connectivity index (χ1n) is 11.7. The number of hydrogen-bond donors (Lipinski definition) is 2. The summed E-state index contributed by atoms with van der Waals surface area (Å²) in [7, 11) is 0. The zero-order valence-corrected chi connectivity index (χ0v) is 22.8. The number of aliphatic carboxylic acids is 1. The van der Waals surface area contributed by atoms with Gasteiger partial charge in [0, 0.05) is 12.5 Å². The fourth-order valence-corrected chi connectivity index (χ4v) is 2.74. The molecule has 10 nitrogen and oxygen atoms in total. The lowest BCUT2D eigenvalue weighted by Gasteiger charge is -2.32. The van der Waals surface area contributed by atoms with Crippen LogP contribution in [-0.2, 0) is 30.3 Å². The monoisotopic (exact) mass is 509 g/mol. The number of esters is 2. The molecule has 202 valence electrons. The topological polar surface area (TPSA) is 137 Å². The molecule has 1 atom stereocenters. The maximum absolute atomic E-state index is 12.6. The molecule has 0 aliphatic heterocycles. The molecule has 0 saturated heterocycles. The highest BCUT2D eigenvalue weighted by molar-refractivity contribution is 5.82. The van der Waals surface area contributed by atoms with E-state index in [0.29, 0.717) is 5.56 Å². The molecule has 0 unspecified atom stereocenters. The molecule has 1 rings (SSSR count). The Kier molecular flexibility index (Phi) is 10.1. The number of carbonyl (C=O) groups is 4. The van der Waals surface area contributed by atoms with Crippen LogP contribution in [0.25, 0.3) is 0 Å². The van der Waals surface area contributed by atoms with E-state index in [9.17, 15) is 24.3 Å². The van der Waals surface area contributed by atoms with Crippen molar-refractivity contribution in [3.63, 3.8) is 0 Å². The van der Waals surface area contributed by atoms with Gasteiger partial charge in [-0.25, -0.2) is 9.59 Å². The molecule has 0 saturated carbocycles. The van der Waals surface area contributed by atoms with Crippen molar-refractivity contribution in [2.24, 2.45) is 10.8 Å². The third-order valence-electron chi connectivity index (χ3n) is 4.55. The van der Waals surface area contributed by atoms with Gasteiger partial charge in [-0.3, -0.25) is 14.9 Å². The van der Waals surface area contributed by atoms with Crippen molar-refractivity contribution >= 4 is 24.1 Å². The SMILES string of the molecule is CC(C)N[C@@](Cc1ccc(OC(=O)C(C)(C)C)c(OC(=O)C(C)(C)C)c1)(OC(=O)OC(C)C)C(=O)O. The minimum Gasteiger partial charge on any atom is -0.477 e. The van der Waals surface area contributed by atoms with Gasteiger partial charge in [0.1, 0.15) is 0 Å². The molecule has 0 aliphatic rings. The van der Waals surface area contributed by atoms with E-state index < -0.39 is 52.8 Å². The molecule has 0 bridgehead atoms. The Labute approximate surface area is 212 Å². The predicted molar refractivity (Wildman–Crippen MR) is 132 cm³/mol. The van der Waals surface area contributed by atoms with Crippen LogP contribution in [0.2, 0.25) is 0 Å². The maximum Gasteiger partial charge on any atom is 0.510 e. The number of rotatable bonds is 9. The van der Waals surface area contributed by atoms with Crippen LogP contribution in [0, 0.1) is 10.8 Å². The Morgan fingerprint density at radius 3 is 1.78 bits per heavy atom. The minimum absolute atomic E-state index is 0.00541. The van der Waals surface area contributed by atoms with E-state index in [-0.39, 0.29) is 17.9 Å². The summed E-state index contributed by atoms with van der Waals surface area (Å²) in [4.78, 5) is 49.7. The quantitative estimate of drug-likeness (QED) is 0.278. The number of carboxylic acid groups (broad SMARTS) is 1. The summed E-state index contributed by atoms with van der Waals surface area (Å²) < 4.78 is 21.3. The molecule has 0 aromatic heterocycles. The summed E-state index contributed by atoms with van der Waals surface area (Å²) in [5.74, 6) is -2.67. The Bertz CT molecular complexity index is 971. The number of hydrogen-bond acceptors (Lipinski definition) is 9. The van der Waals surface area contributed by atoms with Crippen molar-refractivity contribution in [2.45, 2.75) is 93.5 Å². The van der Waals surface area contributed by atoms with E-state index in [4.69, 9.17) is 18.9 Å². The van der Waals surface area contributed by atoms with Crippen molar-refractivity contribution < 1.29 is 43.2 Å². The van der Waals surface area contributed by atoms with Crippen molar-refractivity contribution in [1.29, 1.82) is 0 Å². The maximum atomic E-state index is 12.6. The average Bonchev–Trinajstić information content (AvgIpc) is 2.66. The van der Waals surface area contributed by atoms with E-state index >= 15 is 0 Å². The predicted octanol–water partition coefficient (Wildman–Crippen LogP) is 4.47. The van der Waals surface area contributed by atoms with Gasteiger partial charge in [0.2, 0.25) is 0 Å². The number of carbonyl (C=O) groups excluding carboxylic acids is 3. The summed E-state index contributed by atoms with van der Waals surface area (Å²) in [5, 5.41) is 12.8. The Morgan fingerprint density at radius 2 is 1.36 bits per heavy atom. The number of ether oxygens (including phenoxy) is 4. The van der Waals surface area contributed by atoms with Gasteiger partial charge in [0.15, 0.2) is 11.5 Å². The normalized spacial score (nSPS) is 13.7. The first-order valence-corrected chi connectivity index (χ1v) is 11.7. The molecular weight excluding hydrogens is 470 g/mol. The second-order valence-corrected chi connectivity index (χ2v) is 11.2. The summed E-state index contributed by atoms with van der Waals surface area (Å²) >= 11 is 0. The summed E-state index contributed by atoms with van der Waals surface area (Å²) in [6, 6.07) is 3.89. The summed E-state index contributed by atoms with van der Waals surface area (Å²) in [6.45, 7) is 16.6. The van der Waals surface area contributed by atoms with Gasteiger partial charge in [-0.2, -0.15) is 0 Å². The number of benzene rings is 1. The highest BCUT2D eigenvalue weighted by atomic mass is 16.7. The Hall–Kier alpha value is -3.14. The van der Waals surface area contributed by atoms with Crippen molar-refractivity contribution in [1.82, 2.24) is 5.32 Å². The first kappa shape index (κ1) is 30.9. The van der Waals surface area contributed by atoms with Crippen LogP contribution in [0.5, 0.6) is 11.5 Å². The van der Waals surface area contributed by atoms with Crippen LogP contribution >= 0.6 is 0 Å². The summed E-state index contributed by atoms with van der Waals surface area (Å²) in [5.41, 5.74) is -3.55. The third kappa shape index (κ3) is 9.14. The molecule has 0 spiro atoms. The second kappa shape index (κ2) is 11.7. The highest BCUT2D eigenvalue weighted by Crippen LogP contribution is 2.34. The van der Waals surface area contributed by atoms with Gasteiger partial charge < -0.3 is 24.1 Å². The van der Waals surface area contributed by atoms with Crippen LogP contribution in [-0.4, -0.2) is 47.0 Å². The highest BCUT2D eigenvalue weighted by Gasteiger charge is 2.44. The van der Waals surface area contributed by atoms with Gasteiger partial charge in [0.05, 0.1) is 16.9 Å². The van der Waals surface area contributed by atoms with Gasteiger partial charge >= 0.3 is 24.1 Å². The molecule has 2 N–H and O–H groups in total. The van der Waals surface area contributed by atoms with Gasteiger partial charge in [-0.1, -0.05) is 6.07 Å². The molecule has 0 aliphatic carbocycles. The molecule has 0 radical (unpaired) electrons. The van der Waals surface area contributed by atoms with E-state index in [1.165, 1.54) is 18.2 Å². The van der Waals surface area contributed by atoms with Gasteiger partial charge in [0.25, 0.3) is 5.72 Å². The van der Waals surface area contributed by atoms with Crippen LogP contribution in [0.15, 0.2) is 18.2 Å². The van der Waals surface area contributed by atoms with Crippen molar-refractivity contribution in [3.05, 3.63) is 23.8 Å². The molecule has 0 heterocycles. The lowest BCUT2D eigenvalue weighted by atomic mass is 9.97. The fraction of sp³-hybridized carbons (Fsp3) is 0.615. The Morgan fingerprint density at radius 1 is 0.861 bits per heavy atom. The molecule has 0 amide bonds. The molecule has 10 heteroatoms. The molecular formula is C26H39NO9. The third-order valence-corrected chi connectivity index (χ3v) is 4.55. The van der Waals surface area contributed by atoms with Crippen LogP contribution < -0.4 is 14.8 Å². The number of carboxylic acids is 1. The lowest BCUT2D eigenvalue weighted by molar-refractivity contribution is -0.167. The van der Waals surface area contributed by atoms with E-state index in [2.05, 4.69) is 5.32 Å². The number of nitrogens with one attached hydrogen (secondary N) is 1. The van der Waals surface area contributed by atoms with Gasteiger partial charge in [-0.15, -0.1) is 0 Å². The van der Waals surface area contributed by atoms with Gasteiger partial charge in [-0.05, 0) is 86.9 Å². The zero-order chi connectivity index (χ0) is 28.1. The largest absolute Gasteiger partial charge is 0.510 e. The van der Waals surface area contributed by atoms with Crippen molar-refractivity contribution in [3.8, 4) is 11.5 Å². The molecule has 1 aromatic rings. The standard InChI is InChI=1S/C26H39NO9/c1-15(2)27-26(20(28)29,36-23(32)33-16(3)4)14-17-11-12-18(34-21(30)24(5,6)7)19(13-17)35-22(31)25(8,9)10/h11-13,15-16,27H,14H2,1-10H3,(H,28,29)/t26-/m0/s1. The summed E-state index contributed by atoms with van der Waals surface area (Å²) in [6.07, 6.45) is -2.03. The van der Waals surface area contributed by atoms with E-state index in [0.717, 1.165) is 0 Å². The lowest BCUT2D eigenvalue weighted by Crippen LogP contribution is -2.59. The van der Waals surface area contributed by atoms with E-state index in [1.54, 1.807) is 69.2 Å². The average molecular weight is 510 g/mol. The fourth-order valence-electron chi connectivity index (χ4n) is 2.74. The van der Waals surface area contributed by atoms with Crippen LogP contribution in [0.3, 0.4) is 0 Å². The molecule has 1 aromatic carbocycles.